The smallest absolute Gasteiger partial charge is 0.252 e. The fraction of sp³-hybridized carbons (Fsp3) is 0.621. The van der Waals surface area contributed by atoms with Crippen molar-refractivity contribution < 1.29 is 38.8 Å². The van der Waals surface area contributed by atoms with Crippen LogP contribution in [0.25, 0.3) is 0 Å². The van der Waals surface area contributed by atoms with Gasteiger partial charge in [-0.15, -0.1) is 0 Å². The quantitative estimate of drug-likeness (QED) is 0.242. The molecule has 2 aliphatic carbocycles. The Kier molecular flexibility index (Phi) is 11.2. The van der Waals surface area contributed by atoms with Crippen LogP contribution in [0.1, 0.15) is 61.7 Å². The van der Waals surface area contributed by atoms with Crippen molar-refractivity contribution in [2.24, 2.45) is 5.92 Å². The minimum absolute atomic E-state index is 0.0778. The molecule has 4 unspecified atom stereocenters. The van der Waals surface area contributed by atoms with Gasteiger partial charge in [0.25, 0.3) is 5.91 Å². The SMILES string of the molecule is COc1cc(C=O)cc(I)c1OC1C=C(C(=O)NCCO)CC(N(CC2CCCCC2)C(=O)C2CCCO2)C1O. The molecule has 4 atom stereocenters. The summed E-state index contributed by atoms with van der Waals surface area (Å²) in [7, 11) is 1.46. The van der Waals surface area contributed by atoms with E-state index in [-0.39, 0.29) is 31.4 Å². The Morgan fingerprint density at radius 3 is 2.62 bits per heavy atom. The number of aldehydes is 1. The molecule has 1 aromatic carbocycles. The first kappa shape index (κ1) is 30.7. The Hall–Kier alpha value is -2.22. The van der Waals surface area contributed by atoms with Crippen LogP contribution in [0, 0.1) is 9.49 Å². The topological polar surface area (TPSA) is 135 Å². The van der Waals surface area contributed by atoms with Gasteiger partial charge in [0.2, 0.25) is 5.91 Å². The number of hydrogen-bond acceptors (Lipinski definition) is 8. The molecule has 4 rings (SSSR count). The zero-order valence-electron chi connectivity index (χ0n) is 22.9. The van der Waals surface area contributed by atoms with Crippen LogP contribution in [0.15, 0.2) is 23.8 Å². The molecule has 2 amide bonds. The Bertz CT molecular complexity index is 1080. The van der Waals surface area contributed by atoms with Gasteiger partial charge in [0.05, 0.1) is 23.3 Å². The fourth-order valence-corrected chi connectivity index (χ4v) is 6.58. The highest BCUT2D eigenvalue weighted by Gasteiger charge is 2.43. The van der Waals surface area contributed by atoms with Gasteiger partial charge in [-0.25, -0.2) is 0 Å². The molecule has 3 aliphatic rings. The molecule has 3 N–H and O–H groups in total. The maximum absolute atomic E-state index is 13.8. The predicted molar refractivity (Wildman–Crippen MR) is 155 cm³/mol. The van der Waals surface area contributed by atoms with Crippen LogP contribution in [0.4, 0.5) is 0 Å². The van der Waals surface area contributed by atoms with Crippen molar-refractivity contribution in [3.05, 3.63) is 32.9 Å². The highest BCUT2D eigenvalue weighted by atomic mass is 127. The summed E-state index contributed by atoms with van der Waals surface area (Å²) in [6, 6.07) is 2.47. The molecule has 1 saturated heterocycles. The van der Waals surface area contributed by atoms with Crippen molar-refractivity contribution in [1.82, 2.24) is 10.2 Å². The first-order valence-electron chi connectivity index (χ1n) is 14.1. The van der Waals surface area contributed by atoms with E-state index in [1.54, 1.807) is 23.1 Å². The van der Waals surface area contributed by atoms with E-state index in [9.17, 15) is 24.6 Å². The molecule has 0 spiro atoms. The van der Waals surface area contributed by atoms with Gasteiger partial charge in [-0.1, -0.05) is 19.3 Å². The van der Waals surface area contributed by atoms with Gasteiger partial charge in [-0.3, -0.25) is 14.4 Å². The van der Waals surface area contributed by atoms with E-state index in [1.165, 1.54) is 13.5 Å². The summed E-state index contributed by atoms with van der Waals surface area (Å²) >= 11 is 2.04. The molecular formula is C29H39IN2O8. The summed E-state index contributed by atoms with van der Waals surface area (Å²) in [5.41, 5.74) is 0.775. The maximum Gasteiger partial charge on any atom is 0.252 e. The largest absolute Gasteiger partial charge is 0.493 e. The summed E-state index contributed by atoms with van der Waals surface area (Å²) in [6.07, 6.45) is 6.58. The number of ether oxygens (including phenoxy) is 3. The van der Waals surface area contributed by atoms with Gasteiger partial charge < -0.3 is 34.6 Å². The first-order valence-corrected chi connectivity index (χ1v) is 15.1. The molecular weight excluding hydrogens is 631 g/mol. The molecule has 1 aliphatic heterocycles. The Balaban J connectivity index is 1.69. The zero-order valence-corrected chi connectivity index (χ0v) is 25.0. The molecule has 11 heteroatoms. The van der Waals surface area contributed by atoms with Crippen LogP contribution in [0.5, 0.6) is 11.5 Å². The lowest BCUT2D eigenvalue weighted by Crippen LogP contribution is -2.58. The number of amides is 2. The second kappa shape index (κ2) is 14.6. The molecule has 1 saturated carbocycles. The first-order chi connectivity index (χ1) is 19.4. The minimum Gasteiger partial charge on any atom is -0.493 e. The lowest BCUT2D eigenvalue weighted by atomic mass is 9.85. The summed E-state index contributed by atoms with van der Waals surface area (Å²) in [6.45, 7) is 0.868. The molecule has 0 aromatic heterocycles. The Morgan fingerprint density at radius 1 is 1.20 bits per heavy atom. The number of carbonyl (C=O) groups excluding carboxylic acids is 3. The van der Waals surface area contributed by atoms with Crippen molar-refractivity contribution in [3.63, 3.8) is 0 Å². The molecule has 1 aromatic rings. The third-order valence-electron chi connectivity index (χ3n) is 7.92. The van der Waals surface area contributed by atoms with E-state index >= 15 is 0 Å². The molecule has 40 heavy (non-hydrogen) atoms. The van der Waals surface area contributed by atoms with Gasteiger partial charge in [0.1, 0.15) is 24.6 Å². The van der Waals surface area contributed by atoms with Gasteiger partial charge in [0.15, 0.2) is 11.5 Å². The molecule has 2 fully saturated rings. The number of aliphatic hydroxyl groups excluding tert-OH is 2. The number of carbonyl (C=O) groups is 3. The van der Waals surface area contributed by atoms with E-state index in [0.29, 0.717) is 58.0 Å². The average Bonchev–Trinajstić information content (AvgIpc) is 3.52. The second-order valence-corrected chi connectivity index (χ2v) is 11.8. The number of halogens is 1. The van der Waals surface area contributed by atoms with Crippen LogP contribution in [-0.4, -0.2) is 91.0 Å². The van der Waals surface area contributed by atoms with Crippen molar-refractivity contribution in [2.45, 2.75) is 75.7 Å². The van der Waals surface area contributed by atoms with Crippen molar-refractivity contribution in [3.8, 4) is 11.5 Å². The van der Waals surface area contributed by atoms with Crippen molar-refractivity contribution in [2.75, 3.05) is 33.4 Å². The lowest BCUT2D eigenvalue weighted by molar-refractivity contribution is -0.149. The number of methoxy groups -OCH3 is 1. The van der Waals surface area contributed by atoms with Gasteiger partial charge in [-0.05, 0) is 72.4 Å². The minimum atomic E-state index is -1.14. The van der Waals surface area contributed by atoms with Crippen molar-refractivity contribution in [1.29, 1.82) is 0 Å². The second-order valence-electron chi connectivity index (χ2n) is 10.7. The number of aliphatic hydroxyl groups is 2. The van der Waals surface area contributed by atoms with E-state index < -0.39 is 24.4 Å². The number of benzene rings is 1. The van der Waals surface area contributed by atoms with Crippen LogP contribution < -0.4 is 14.8 Å². The van der Waals surface area contributed by atoms with Crippen LogP contribution in [-0.2, 0) is 14.3 Å². The van der Waals surface area contributed by atoms with Crippen LogP contribution in [0.2, 0.25) is 0 Å². The van der Waals surface area contributed by atoms with E-state index in [1.807, 2.05) is 22.6 Å². The molecule has 10 nitrogen and oxygen atoms in total. The van der Waals surface area contributed by atoms with E-state index in [4.69, 9.17) is 14.2 Å². The standard InChI is InChI=1S/C29H39IN2O8/c1-38-25-13-19(17-34)12-21(30)27(25)40-24-15-20(28(36)31-9-10-33)14-22(26(24)35)32(16-18-6-3-2-4-7-18)29(37)23-8-5-11-39-23/h12-13,15,17-18,22-24,26,33,35H,2-11,14,16H2,1H3,(H,31,36). The normalized spacial score (nSPS) is 25.1. The summed E-state index contributed by atoms with van der Waals surface area (Å²) in [5.74, 6) is 0.400. The number of nitrogens with zero attached hydrogens (tertiary/aromatic N) is 1. The Morgan fingerprint density at radius 2 is 1.98 bits per heavy atom. The van der Waals surface area contributed by atoms with Crippen LogP contribution >= 0.6 is 22.6 Å². The summed E-state index contributed by atoms with van der Waals surface area (Å²) in [5, 5.41) is 23.7. The highest BCUT2D eigenvalue weighted by molar-refractivity contribution is 14.1. The third-order valence-corrected chi connectivity index (χ3v) is 8.73. The molecule has 220 valence electrons. The number of rotatable bonds is 11. The van der Waals surface area contributed by atoms with Gasteiger partial charge in [0, 0.05) is 37.3 Å². The molecule has 0 radical (unpaired) electrons. The van der Waals surface area contributed by atoms with Gasteiger partial charge >= 0.3 is 0 Å². The van der Waals surface area contributed by atoms with Crippen molar-refractivity contribution >= 4 is 40.7 Å². The number of hydrogen-bond donors (Lipinski definition) is 3. The molecule has 1 heterocycles. The Labute approximate surface area is 248 Å². The van der Waals surface area contributed by atoms with E-state index in [0.717, 1.165) is 32.1 Å². The monoisotopic (exact) mass is 670 g/mol. The zero-order chi connectivity index (χ0) is 28.6. The lowest BCUT2D eigenvalue weighted by Gasteiger charge is -2.43. The highest BCUT2D eigenvalue weighted by Crippen LogP contribution is 2.37. The molecule has 0 bridgehead atoms. The number of nitrogens with one attached hydrogen (secondary N) is 1. The van der Waals surface area contributed by atoms with E-state index in [2.05, 4.69) is 5.32 Å². The van der Waals surface area contributed by atoms with Gasteiger partial charge in [-0.2, -0.15) is 0 Å². The third kappa shape index (κ3) is 7.34. The average molecular weight is 671 g/mol. The summed E-state index contributed by atoms with van der Waals surface area (Å²) in [4.78, 5) is 40.1. The summed E-state index contributed by atoms with van der Waals surface area (Å²) < 4.78 is 18.1. The van der Waals surface area contributed by atoms with Crippen LogP contribution in [0.3, 0.4) is 0 Å². The predicted octanol–water partition coefficient (Wildman–Crippen LogP) is 2.62. The fourth-order valence-electron chi connectivity index (χ4n) is 5.83. The maximum atomic E-state index is 13.8.